The van der Waals surface area contributed by atoms with Gasteiger partial charge in [-0.3, -0.25) is 37.3 Å². The number of aliphatic hydroxyl groups is 1. The number of hydrogen-bond donors (Lipinski definition) is 3. The first-order chi connectivity index (χ1) is 41.6. The Balaban J connectivity index is 5.18. The normalized spacial score (nSPS) is 14.3. The molecule has 0 aromatic rings. The minimum absolute atomic E-state index is 0.102. The molecule has 0 rings (SSSR count). The second-order valence-electron chi connectivity index (χ2n) is 26.5. The number of hydrogen-bond acceptors (Lipinski definition) is 15. The average molecular weight is 1280 g/mol. The number of esters is 4. The number of carbonyl (C=O) groups is 4. The van der Waals surface area contributed by atoms with Crippen LogP contribution in [0.2, 0.25) is 0 Å². The van der Waals surface area contributed by atoms with E-state index in [-0.39, 0.29) is 25.7 Å². The van der Waals surface area contributed by atoms with Crippen LogP contribution in [-0.4, -0.2) is 96.7 Å². The predicted molar refractivity (Wildman–Crippen MR) is 349 cm³/mol. The lowest BCUT2D eigenvalue weighted by atomic mass is 10.0. The van der Waals surface area contributed by atoms with Crippen LogP contribution in [-0.2, 0) is 65.4 Å². The van der Waals surface area contributed by atoms with E-state index in [1.54, 1.807) is 0 Å². The van der Waals surface area contributed by atoms with Crippen molar-refractivity contribution in [3.8, 4) is 0 Å². The fraction of sp³-hybridized carbons (Fsp3) is 0.941. The van der Waals surface area contributed by atoms with E-state index < -0.39 is 97.5 Å². The molecule has 0 spiro atoms. The summed E-state index contributed by atoms with van der Waals surface area (Å²) in [5.41, 5.74) is 0. The molecule has 0 heterocycles. The first kappa shape index (κ1) is 85.1. The molecule has 87 heavy (non-hydrogen) atoms. The lowest BCUT2D eigenvalue weighted by Crippen LogP contribution is -2.30. The second-order valence-corrected chi connectivity index (χ2v) is 29.4. The van der Waals surface area contributed by atoms with E-state index in [4.69, 9.17) is 37.0 Å². The average Bonchev–Trinajstić information content (AvgIpc) is 3.67. The van der Waals surface area contributed by atoms with Gasteiger partial charge < -0.3 is 33.8 Å². The molecule has 0 radical (unpaired) electrons. The third-order valence-corrected chi connectivity index (χ3v) is 17.5. The van der Waals surface area contributed by atoms with Crippen LogP contribution in [0.15, 0.2) is 0 Å². The minimum atomic E-state index is -4.95. The SMILES string of the molecule is CC(C)CCCCCCCCCCCCCCCCC(=O)OC[C@H](COP(=O)(O)OC[C@@H](O)COP(=O)(O)OC[C@@H](COC(=O)CCCCCCCCC(C)C)OC(=O)CCCCCCCCCCCC(C)C)OC(=O)CCCCCCCCC(C)C. The largest absolute Gasteiger partial charge is 0.472 e. The van der Waals surface area contributed by atoms with Crippen molar-refractivity contribution in [3.63, 3.8) is 0 Å². The highest BCUT2D eigenvalue weighted by Gasteiger charge is 2.30. The van der Waals surface area contributed by atoms with Gasteiger partial charge >= 0.3 is 39.5 Å². The summed E-state index contributed by atoms with van der Waals surface area (Å²) in [5.74, 6) is 0.746. The van der Waals surface area contributed by atoms with Gasteiger partial charge in [0, 0.05) is 25.7 Å². The maximum atomic E-state index is 13.0. The van der Waals surface area contributed by atoms with E-state index >= 15 is 0 Å². The Morgan fingerprint density at radius 2 is 0.483 bits per heavy atom. The number of unbranched alkanes of at least 4 members (excludes halogenated alkanes) is 31. The maximum Gasteiger partial charge on any atom is 0.472 e. The fourth-order valence-electron chi connectivity index (χ4n) is 10.1. The first-order valence-electron chi connectivity index (χ1n) is 35.2. The van der Waals surface area contributed by atoms with Crippen molar-refractivity contribution in [1.82, 2.24) is 0 Å². The van der Waals surface area contributed by atoms with E-state index in [2.05, 4.69) is 55.4 Å². The van der Waals surface area contributed by atoms with Gasteiger partial charge in [-0.1, -0.05) is 280 Å². The Bertz CT molecular complexity index is 1730. The molecule has 17 nitrogen and oxygen atoms in total. The van der Waals surface area contributed by atoms with Crippen LogP contribution in [0.25, 0.3) is 0 Å². The number of phosphoric ester groups is 2. The van der Waals surface area contributed by atoms with Crippen molar-refractivity contribution < 1.29 is 80.2 Å². The van der Waals surface area contributed by atoms with Gasteiger partial charge in [0.1, 0.15) is 19.3 Å². The highest BCUT2D eigenvalue weighted by Crippen LogP contribution is 2.45. The molecule has 0 aliphatic carbocycles. The molecule has 0 fully saturated rings. The molecule has 5 atom stereocenters. The van der Waals surface area contributed by atoms with Crippen LogP contribution < -0.4 is 0 Å². The molecule has 0 saturated heterocycles. The van der Waals surface area contributed by atoms with Crippen molar-refractivity contribution in [3.05, 3.63) is 0 Å². The zero-order chi connectivity index (χ0) is 64.7. The topological polar surface area (TPSA) is 237 Å². The Labute approximate surface area is 530 Å². The van der Waals surface area contributed by atoms with Crippen LogP contribution in [0.1, 0.15) is 331 Å². The van der Waals surface area contributed by atoms with Crippen LogP contribution in [0, 0.1) is 23.7 Å². The standard InChI is InChI=1S/C68H132O17P2/c1-58(2)44-36-28-20-16-13-11-9-10-12-14-18-22-32-40-48-65(70)78-54-64(85-68(73)51-43-35-27-25-31-39-47-61(7)8)57-83-87(76,77)81-53-62(69)52-80-86(74,75)82-56-63(55-79-66(71)49-41-33-26-24-30-38-46-60(5)6)84-67(72)50-42-34-23-19-15-17-21-29-37-45-59(3)4/h58-64,69H,9-57H2,1-8H3,(H,74,75)(H,76,77)/t62-,63+,64+/m0/s1. The maximum absolute atomic E-state index is 13.0. The lowest BCUT2D eigenvalue weighted by Gasteiger charge is -2.21. The Kier molecular flexibility index (Phi) is 56.6. The third-order valence-electron chi connectivity index (χ3n) is 15.6. The number of aliphatic hydroxyl groups excluding tert-OH is 1. The number of carbonyl (C=O) groups excluding carboxylic acids is 4. The number of ether oxygens (including phenoxy) is 4. The summed E-state index contributed by atoms with van der Waals surface area (Å²) in [6.07, 6.45) is 39.3. The van der Waals surface area contributed by atoms with E-state index in [0.29, 0.717) is 37.5 Å². The molecule has 0 saturated carbocycles. The smallest absolute Gasteiger partial charge is 0.462 e. The monoisotopic (exact) mass is 1280 g/mol. The molecule has 0 aliphatic rings. The van der Waals surface area contributed by atoms with Gasteiger partial charge in [0.05, 0.1) is 26.4 Å². The lowest BCUT2D eigenvalue weighted by molar-refractivity contribution is -0.161. The molecular weight excluding hydrogens is 1150 g/mol. The van der Waals surface area contributed by atoms with E-state index in [9.17, 15) is 43.2 Å². The molecule has 0 aromatic heterocycles. The summed E-state index contributed by atoms with van der Waals surface area (Å²) in [6, 6.07) is 0. The van der Waals surface area contributed by atoms with Crippen LogP contribution in [0.3, 0.4) is 0 Å². The van der Waals surface area contributed by atoms with E-state index in [0.717, 1.165) is 108 Å². The molecule has 0 bridgehead atoms. The Morgan fingerprint density at radius 1 is 0.287 bits per heavy atom. The molecule has 3 N–H and O–H groups in total. The fourth-order valence-corrected chi connectivity index (χ4v) is 11.7. The van der Waals surface area contributed by atoms with Gasteiger partial charge in [0.15, 0.2) is 12.2 Å². The van der Waals surface area contributed by atoms with Crippen molar-refractivity contribution in [1.29, 1.82) is 0 Å². The van der Waals surface area contributed by atoms with E-state index in [1.165, 1.54) is 128 Å². The van der Waals surface area contributed by atoms with Crippen LogP contribution in [0.5, 0.6) is 0 Å². The molecule has 0 aromatic carbocycles. The zero-order valence-electron chi connectivity index (χ0n) is 56.6. The first-order valence-corrected chi connectivity index (χ1v) is 38.2. The molecule has 0 amide bonds. The summed E-state index contributed by atoms with van der Waals surface area (Å²) in [6.45, 7) is 14.0. The molecule has 0 aliphatic heterocycles. The van der Waals surface area contributed by atoms with Gasteiger partial charge in [-0.05, 0) is 49.4 Å². The highest BCUT2D eigenvalue weighted by molar-refractivity contribution is 7.47. The number of phosphoric acid groups is 2. The van der Waals surface area contributed by atoms with Gasteiger partial charge in [-0.25, -0.2) is 9.13 Å². The minimum Gasteiger partial charge on any atom is -0.462 e. The van der Waals surface area contributed by atoms with Crippen molar-refractivity contribution in [2.75, 3.05) is 39.6 Å². The summed E-state index contributed by atoms with van der Waals surface area (Å²) < 4.78 is 68.1. The quantitative estimate of drug-likeness (QED) is 0.0222. The predicted octanol–water partition coefficient (Wildman–Crippen LogP) is 18.9. The van der Waals surface area contributed by atoms with Gasteiger partial charge in [-0.2, -0.15) is 0 Å². The second kappa shape index (κ2) is 57.9. The van der Waals surface area contributed by atoms with E-state index in [1.807, 2.05) is 0 Å². The summed E-state index contributed by atoms with van der Waals surface area (Å²) in [4.78, 5) is 72.3. The summed E-state index contributed by atoms with van der Waals surface area (Å²) in [5, 5.41) is 10.6. The Hall–Kier alpha value is -1.94. The van der Waals surface area contributed by atoms with Crippen molar-refractivity contribution in [2.45, 2.75) is 350 Å². The zero-order valence-corrected chi connectivity index (χ0v) is 58.4. The van der Waals surface area contributed by atoms with Gasteiger partial charge in [0.2, 0.25) is 0 Å². The summed E-state index contributed by atoms with van der Waals surface area (Å²) >= 11 is 0. The van der Waals surface area contributed by atoms with Crippen molar-refractivity contribution in [2.24, 2.45) is 23.7 Å². The molecule has 2 unspecified atom stereocenters. The van der Waals surface area contributed by atoms with Crippen LogP contribution >= 0.6 is 15.6 Å². The van der Waals surface area contributed by atoms with Gasteiger partial charge in [-0.15, -0.1) is 0 Å². The van der Waals surface area contributed by atoms with Gasteiger partial charge in [0.25, 0.3) is 0 Å². The Morgan fingerprint density at radius 3 is 0.713 bits per heavy atom. The highest BCUT2D eigenvalue weighted by atomic mass is 31.2. The number of rotatable bonds is 65. The third kappa shape index (κ3) is 62.6. The molecule has 516 valence electrons. The molecule has 19 heteroatoms. The summed E-state index contributed by atoms with van der Waals surface area (Å²) in [7, 11) is -9.89. The van der Waals surface area contributed by atoms with Crippen molar-refractivity contribution >= 4 is 39.5 Å². The van der Waals surface area contributed by atoms with Crippen LogP contribution in [0.4, 0.5) is 0 Å². The molecular formula is C68H132O17P2.